The normalized spacial score (nSPS) is 14.7. The minimum atomic E-state index is -0.130. The van der Waals surface area contributed by atoms with Gasteiger partial charge in [0.05, 0.1) is 21.3 Å². The van der Waals surface area contributed by atoms with Crippen molar-refractivity contribution in [3.8, 4) is 11.5 Å². The number of hydrogen-bond donors (Lipinski definition) is 0. The second-order valence-corrected chi connectivity index (χ2v) is 10.7. The summed E-state index contributed by atoms with van der Waals surface area (Å²) >= 11 is 9.15. The Morgan fingerprint density at radius 1 is 1.00 bits per heavy atom. The van der Waals surface area contributed by atoms with Crippen LogP contribution in [-0.2, 0) is 11.4 Å². The molecule has 0 bridgehead atoms. The van der Waals surface area contributed by atoms with Gasteiger partial charge < -0.3 is 9.47 Å². The van der Waals surface area contributed by atoms with Gasteiger partial charge in [-0.05, 0) is 63.4 Å². The van der Waals surface area contributed by atoms with E-state index < -0.39 is 0 Å². The third-order valence-corrected chi connectivity index (χ3v) is 7.68. The lowest BCUT2D eigenvalue weighted by Crippen LogP contribution is -2.27. The van der Waals surface area contributed by atoms with Crippen molar-refractivity contribution in [1.82, 2.24) is 0 Å². The maximum atomic E-state index is 13.4. The summed E-state index contributed by atoms with van der Waals surface area (Å²) in [5.74, 6) is 1.16. The van der Waals surface area contributed by atoms with E-state index in [2.05, 4.69) is 22.6 Å². The van der Waals surface area contributed by atoms with Crippen molar-refractivity contribution in [2.45, 2.75) is 6.61 Å². The maximum absolute atomic E-state index is 13.4. The van der Waals surface area contributed by atoms with E-state index >= 15 is 0 Å². The van der Waals surface area contributed by atoms with E-state index in [9.17, 15) is 4.79 Å². The molecule has 0 N–H and O–H groups in total. The maximum Gasteiger partial charge on any atom is 0.270 e. The smallest absolute Gasteiger partial charge is 0.270 e. The molecule has 0 saturated carbocycles. The van der Waals surface area contributed by atoms with Crippen LogP contribution in [0.3, 0.4) is 0 Å². The van der Waals surface area contributed by atoms with E-state index in [1.807, 2.05) is 91.0 Å². The van der Waals surface area contributed by atoms with Gasteiger partial charge in [-0.2, -0.15) is 0 Å². The van der Waals surface area contributed by atoms with E-state index in [4.69, 9.17) is 21.7 Å². The van der Waals surface area contributed by atoms with Crippen LogP contribution >= 0.6 is 46.6 Å². The molecular weight excluding hydrogens is 589 g/mol. The van der Waals surface area contributed by atoms with E-state index in [0.717, 1.165) is 31.2 Å². The Balaban J connectivity index is 1.44. The van der Waals surface area contributed by atoms with Crippen LogP contribution in [0.4, 0.5) is 5.69 Å². The monoisotopic (exact) mass is 609 g/mol. The molecule has 174 valence electrons. The first kappa shape index (κ1) is 23.8. The fourth-order valence-corrected chi connectivity index (χ4v) is 5.99. The van der Waals surface area contributed by atoms with Crippen LogP contribution < -0.4 is 14.4 Å². The molecular formula is C28H20INO3S2. The summed E-state index contributed by atoms with van der Waals surface area (Å²) in [5, 5.41) is 2.05. The molecule has 0 aliphatic carbocycles. The third-order valence-electron chi connectivity index (χ3n) is 5.58. The van der Waals surface area contributed by atoms with Gasteiger partial charge in [0.25, 0.3) is 5.91 Å². The number of carbonyl (C=O) groups is 1. The fourth-order valence-electron chi connectivity index (χ4n) is 3.92. The summed E-state index contributed by atoms with van der Waals surface area (Å²) in [6.07, 6.45) is 1.86. The van der Waals surface area contributed by atoms with Crippen molar-refractivity contribution >= 4 is 79.3 Å². The van der Waals surface area contributed by atoms with Gasteiger partial charge in [0.15, 0.2) is 15.8 Å². The SMILES string of the molecule is COc1cc(/C=C2\SC(=S)N(c3cccc4ccccc34)C2=O)cc(I)c1OCc1ccccc1. The van der Waals surface area contributed by atoms with Crippen molar-refractivity contribution in [2.75, 3.05) is 12.0 Å². The van der Waals surface area contributed by atoms with Gasteiger partial charge in [-0.25, -0.2) is 0 Å². The Hall–Kier alpha value is -2.88. The first-order chi connectivity index (χ1) is 17.0. The zero-order valence-electron chi connectivity index (χ0n) is 18.7. The predicted molar refractivity (Wildman–Crippen MR) is 156 cm³/mol. The zero-order valence-corrected chi connectivity index (χ0v) is 22.5. The number of halogens is 1. The Morgan fingerprint density at radius 3 is 2.54 bits per heavy atom. The zero-order chi connectivity index (χ0) is 24.4. The Morgan fingerprint density at radius 2 is 1.74 bits per heavy atom. The van der Waals surface area contributed by atoms with Crippen molar-refractivity contribution in [3.05, 3.63) is 105 Å². The lowest BCUT2D eigenvalue weighted by molar-refractivity contribution is -0.113. The number of anilines is 1. The first-order valence-electron chi connectivity index (χ1n) is 10.8. The number of amides is 1. The number of hydrogen-bond acceptors (Lipinski definition) is 5. The Labute approximate surface area is 227 Å². The second kappa shape index (κ2) is 10.4. The summed E-state index contributed by atoms with van der Waals surface area (Å²) in [6, 6.07) is 27.7. The van der Waals surface area contributed by atoms with Gasteiger partial charge in [0, 0.05) is 5.39 Å². The summed E-state index contributed by atoms with van der Waals surface area (Å²) in [4.78, 5) is 15.6. The van der Waals surface area contributed by atoms with E-state index in [-0.39, 0.29) is 5.91 Å². The van der Waals surface area contributed by atoms with Crippen LogP contribution in [0.5, 0.6) is 11.5 Å². The minimum Gasteiger partial charge on any atom is -0.493 e. The van der Waals surface area contributed by atoms with Crippen molar-refractivity contribution in [2.24, 2.45) is 0 Å². The first-order valence-corrected chi connectivity index (χ1v) is 13.2. The highest BCUT2D eigenvalue weighted by Gasteiger charge is 2.34. The van der Waals surface area contributed by atoms with Crippen LogP contribution in [-0.4, -0.2) is 17.3 Å². The van der Waals surface area contributed by atoms with E-state index in [0.29, 0.717) is 27.3 Å². The highest BCUT2D eigenvalue weighted by molar-refractivity contribution is 14.1. The molecule has 0 spiro atoms. The van der Waals surface area contributed by atoms with Crippen LogP contribution in [0.2, 0.25) is 0 Å². The van der Waals surface area contributed by atoms with Crippen LogP contribution in [0, 0.1) is 3.57 Å². The number of carbonyl (C=O) groups excluding carboxylic acids is 1. The molecule has 4 aromatic carbocycles. The van der Waals surface area contributed by atoms with Gasteiger partial charge in [-0.15, -0.1) is 0 Å². The highest BCUT2D eigenvalue weighted by Crippen LogP contribution is 2.40. The molecule has 0 radical (unpaired) electrons. The quantitative estimate of drug-likeness (QED) is 0.129. The number of methoxy groups -OCH3 is 1. The topological polar surface area (TPSA) is 38.8 Å². The van der Waals surface area contributed by atoms with Gasteiger partial charge >= 0.3 is 0 Å². The minimum absolute atomic E-state index is 0.130. The molecule has 1 aliphatic rings. The van der Waals surface area contributed by atoms with Gasteiger partial charge in [0.2, 0.25) is 0 Å². The molecule has 1 fully saturated rings. The molecule has 4 nitrogen and oxygen atoms in total. The Bertz CT molecular complexity index is 1460. The van der Waals surface area contributed by atoms with Crippen LogP contribution in [0.1, 0.15) is 11.1 Å². The van der Waals surface area contributed by atoms with Gasteiger partial charge in [-0.3, -0.25) is 9.69 Å². The lowest BCUT2D eigenvalue weighted by atomic mass is 10.1. The van der Waals surface area contributed by atoms with Crippen molar-refractivity contribution < 1.29 is 14.3 Å². The largest absolute Gasteiger partial charge is 0.493 e. The van der Waals surface area contributed by atoms with Crippen molar-refractivity contribution in [1.29, 1.82) is 0 Å². The van der Waals surface area contributed by atoms with Gasteiger partial charge in [0.1, 0.15) is 6.61 Å². The Kier molecular flexibility index (Phi) is 7.08. The lowest BCUT2D eigenvalue weighted by Gasteiger charge is -2.17. The molecule has 1 saturated heterocycles. The van der Waals surface area contributed by atoms with Crippen molar-refractivity contribution in [3.63, 3.8) is 0 Å². The standard InChI is InChI=1S/C28H20INO3S2/c1-32-24-15-19(14-22(29)26(24)33-17-18-8-3-2-4-9-18)16-25-27(31)30(28(34)35-25)23-13-7-11-20-10-5-6-12-21(20)23/h2-16H,17H2,1H3/b25-16-. The number of thioether (sulfide) groups is 1. The molecule has 4 aromatic rings. The molecule has 1 aliphatic heterocycles. The molecule has 5 rings (SSSR count). The molecule has 35 heavy (non-hydrogen) atoms. The summed E-state index contributed by atoms with van der Waals surface area (Å²) < 4.78 is 13.1. The molecule has 1 heterocycles. The van der Waals surface area contributed by atoms with Crippen LogP contribution in [0.25, 0.3) is 16.8 Å². The highest BCUT2D eigenvalue weighted by atomic mass is 127. The van der Waals surface area contributed by atoms with Gasteiger partial charge in [-0.1, -0.05) is 90.7 Å². The predicted octanol–water partition coefficient (Wildman–Crippen LogP) is 7.44. The van der Waals surface area contributed by atoms with E-state index in [1.165, 1.54) is 11.8 Å². The number of nitrogens with zero attached hydrogens (tertiary/aromatic N) is 1. The molecule has 0 aromatic heterocycles. The number of ether oxygens (including phenoxy) is 2. The molecule has 7 heteroatoms. The summed E-state index contributed by atoms with van der Waals surface area (Å²) in [7, 11) is 1.62. The molecule has 1 amide bonds. The fraction of sp³-hybridized carbons (Fsp3) is 0.0714. The number of rotatable bonds is 6. The van der Waals surface area contributed by atoms with Crippen LogP contribution in [0.15, 0.2) is 89.8 Å². The second-order valence-electron chi connectivity index (χ2n) is 7.82. The summed E-state index contributed by atoms with van der Waals surface area (Å²) in [6.45, 7) is 0.441. The summed E-state index contributed by atoms with van der Waals surface area (Å²) in [5.41, 5.74) is 2.72. The number of fused-ring (bicyclic) bond motifs is 1. The number of thiocarbonyl (C=S) groups is 1. The number of benzene rings is 4. The average Bonchev–Trinajstić information content (AvgIpc) is 3.15. The molecule has 0 unspecified atom stereocenters. The molecule has 0 atom stereocenters. The average molecular weight is 610 g/mol. The third kappa shape index (κ3) is 4.94. The van der Waals surface area contributed by atoms with E-state index in [1.54, 1.807) is 12.0 Å².